The van der Waals surface area contributed by atoms with Crippen LogP contribution in [0, 0.1) is 0 Å². The van der Waals surface area contributed by atoms with Crippen molar-refractivity contribution in [3.8, 4) is 5.75 Å². The van der Waals surface area contributed by atoms with Crippen LogP contribution in [-0.2, 0) is 16.0 Å². The molecule has 27 heavy (non-hydrogen) atoms. The fourth-order valence-corrected chi connectivity index (χ4v) is 2.44. The van der Waals surface area contributed by atoms with E-state index in [0.29, 0.717) is 17.9 Å². The van der Waals surface area contributed by atoms with Crippen molar-refractivity contribution in [1.29, 1.82) is 0 Å². The molecule has 5 nitrogen and oxygen atoms in total. The number of amides is 1. The maximum Gasteiger partial charge on any atom is 0.344 e. The van der Waals surface area contributed by atoms with Gasteiger partial charge in [0.15, 0.2) is 6.61 Å². The lowest BCUT2D eigenvalue weighted by Crippen LogP contribution is -2.15. The van der Waals surface area contributed by atoms with Gasteiger partial charge in [-0.2, -0.15) is 0 Å². The van der Waals surface area contributed by atoms with Gasteiger partial charge < -0.3 is 14.8 Å². The van der Waals surface area contributed by atoms with Gasteiger partial charge in [-0.1, -0.05) is 32.4 Å². The average molecular weight is 369 g/mol. The van der Waals surface area contributed by atoms with Gasteiger partial charge in [-0.15, -0.1) is 0 Å². The highest BCUT2D eigenvalue weighted by Crippen LogP contribution is 2.16. The molecule has 144 valence electrons. The van der Waals surface area contributed by atoms with Gasteiger partial charge in [-0.3, -0.25) is 4.79 Å². The summed E-state index contributed by atoms with van der Waals surface area (Å²) in [7, 11) is 0. The molecule has 0 aromatic heterocycles. The van der Waals surface area contributed by atoms with E-state index < -0.39 is 5.97 Å². The smallest absolute Gasteiger partial charge is 0.344 e. The van der Waals surface area contributed by atoms with Crippen molar-refractivity contribution in [2.24, 2.45) is 0 Å². The van der Waals surface area contributed by atoms with Crippen LogP contribution >= 0.6 is 0 Å². The van der Waals surface area contributed by atoms with Gasteiger partial charge in [-0.25, -0.2) is 4.79 Å². The Morgan fingerprint density at radius 1 is 0.926 bits per heavy atom. The van der Waals surface area contributed by atoms with Crippen molar-refractivity contribution in [3.05, 3.63) is 59.7 Å². The first-order valence-electron chi connectivity index (χ1n) is 9.41. The number of nitrogens with one attached hydrogen (secondary N) is 1. The number of esters is 1. The van der Waals surface area contributed by atoms with Crippen LogP contribution in [0.5, 0.6) is 5.75 Å². The number of carbonyl (C=O) groups is 2. The molecule has 1 amide bonds. The summed E-state index contributed by atoms with van der Waals surface area (Å²) in [6, 6.07) is 14.6. The largest absolute Gasteiger partial charge is 0.482 e. The van der Waals surface area contributed by atoms with E-state index in [1.54, 1.807) is 24.3 Å². The number of hydrogen-bond acceptors (Lipinski definition) is 4. The molecule has 2 aromatic rings. The minimum absolute atomic E-state index is 0.143. The number of hydrogen-bond donors (Lipinski definition) is 1. The molecule has 0 aliphatic carbocycles. The number of ether oxygens (including phenoxy) is 2. The van der Waals surface area contributed by atoms with Crippen LogP contribution in [0.2, 0.25) is 0 Å². The van der Waals surface area contributed by atoms with Gasteiger partial charge >= 0.3 is 5.97 Å². The zero-order valence-corrected chi connectivity index (χ0v) is 16.0. The van der Waals surface area contributed by atoms with Crippen LogP contribution in [0.4, 0.5) is 5.69 Å². The number of carbonyl (C=O) groups excluding carboxylic acids is 2. The molecular weight excluding hydrogens is 342 g/mol. The summed E-state index contributed by atoms with van der Waals surface area (Å²) in [5, 5.41) is 2.88. The molecule has 0 radical (unpaired) electrons. The lowest BCUT2D eigenvalue weighted by atomic mass is 10.1. The molecule has 0 unspecified atom stereocenters. The average Bonchev–Trinajstić information content (AvgIpc) is 2.70. The van der Waals surface area contributed by atoms with Crippen LogP contribution < -0.4 is 10.1 Å². The third-order valence-corrected chi connectivity index (χ3v) is 3.97. The Morgan fingerprint density at radius 3 is 2.26 bits per heavy atom. The van der Waals surface area contributed by atoms with E-state index in [1.807, 2.05) is 31.2 Å². The molecule has 0 heterocycles. The molecule has 0 bridgehead atoms. The zero-order chi connectivity index (χ0) is 19.5. The van der Waals surface area contributed by atoms with E-state index in [-0.39, 0.29) is 12.5 Å². The molecule has 5 heteroatoms. The molecule has 2 aromatic carbocycles. The third kappa shape index (κ3) is 7.13. The lowest BCUT2D eigenvalue weighted by molar-refractivity contribution is -0.146. The SMILES string of the molecule is CCCCc1ccc(NC(=O)c2ccc(OCC(=O)OCCC)cc2)cc1. The summed E-state index contributed by atoms with van der Waals surface area (Å²) in [4.78, 5) is 23.8. The topological polar surface area (TPSA) is 64.6 Å². The maximum absolute atomic E-state index is 12.3. The molecule has 2 rings (SSSR count). The van der Waals surface area contributed by atoms with Gasteiger partial charge in [-0.05, 0) is 61.2 Å². The second kappa shape index (κ2) is 11.0. The Balaban J connectivity index is 1.85. The molecule has 0 spiro atoms. The summed E-state index contributed by atoms with van der Waals surface area (Å²) < 4.78 is 10.3. The quantitative estimate of drug-likeness (QED) is 0.621. The standard InChI is InChI=1S/C22H27NO4/c1-3-5-6-17-7-11-19(12-8-17)23-22(25)18-9-13-20(14-10-18)27-16-21(24)26-15-4-2/h7-14H,3-6,15-16H2,1-2H3,(H,23,25). The minimum Gasteiger partial charge on any atom is -0.482 e. The Bertz CT molecular complexity index is 723. The first-order valence-corrected chi connectivity index (χ1v) is 9.41. The fraction of sp³-hybridized carbons (Fsp3) is 0.364. The summed E-state index contributed by atoms with van der Waals surface area (Å²) in [6.45, 7) is 4.35. The van der Waals surface area contributed by atoms with Crippen molar-refractivity contribution < 1.29 is 19.1 Å². The molecule has 0 aliphatic heterocycles. The molecule has 0 saturated carbocycles. The molecule has 0 fully saturated rings. The Kier molecular flexibility index (Phi) is 8.36. The molecule has 0 saturated heterocycles. The fourth-order valence-electron chi connectivity index (χ4n) is 2.44. The number of aryl methyl sites for hydroxylation is 1. The molecule has 0 aliphatic rings. The normalized spacial score (nSPS) is 10.3. The van der Waals surface area contributed by atoms with Crippen molar-refractivity contribution in [1.82, 2.24) is 0 Å². The Hall–Kier alpha value is -2.82. The highest BCUT2D eigenvalue weighted by Gasteiger charge is 2.08. The molecule has 1 N–H and O–H groups in total. The summed E-state index contributed by atoms with van der Waals surface area (Å²) in [5.74, 6) is -0.0773. The third-order valence-electron chi connectivity index (χ3n) is 3.97. The van der Waals surface area contributed by atoms with E-state index >= 15 is 0 Å². The van der Waals surface area contributed by atoms with E-state index in [4.69, 9.17) is 9.47 Å². The number of unbranched alkanes of at least 4 members (excludes halogenated alkanes) is 1. The second-order valence-electron chi connectivity index (χ2n) is 6.29. The van der Waals surface area contributed by atoms with Gasteiger partial charge in [0.25, 0.3) is 5.91 Å². The van der Waals surface area contributed by atoms with Crippen LogP contribution in [0.3, 0.4) is 0 Å². The number of rotatable bonds is 10. The number of benzene rings is 2. The van der Waals surface area contributed by atoms with Crippen molar-refractivity contribution >= 4 is 17.6 Å². The van der Waals surface area contributed by atoms with Crippen molar-refractivity contribution in [2.45, 2.75) is 39.5 Å². The highest BCUT2D eigenvalue weighted by molar-refractivity contribution is 6.04. The van der Waals surface area contributed by atoms with Crippen molar-refractivity contribution in [2.75, 3.05) is 18.5 Å². The Labute approximate surface area is 160 Å². The van der Waals surface area contributed by atoms with Gasteiger partial charge in [0, 0.05) is 11.3 Å². The van der Waals surface area contributed by atoms with Crippen molar-refractivity contribution in [3.63, 3.8) is 0 Å². The molecular formula is C22H27NO4. The first-order chi connectivity index (χ1) is 13.1. The zero-order valence-electron chi connectivity index (χ0n) is 16.0. The summed E-state index contributed by atoms with van der Waals surface area (Å²) in [6.07, 6.45) is 4.16. The predicted molar refractivity (Wildman–Crippen MR) is 106 cm³/mol. The van der Waals surface area contributed by atoms with Crippen LogP contribution in [0.25, 0.3) is 0 Å². The Morgan fingerprint density at radius 2 is 1.63 bits per heavy atom. The summed E-state index contributed by atoms with van der Waals surface area (Å²) in [5.41, 5.74) is 2.55. The van der Waals surface area contributed by atoms with Crippen LogP contribution in [0.1, 0.15) is 49.0 Å². The highest BCUT2D eigenvalue weighted by atomic mass is 16.6. The van der Waals surface area contributed by atoms with E-state index in [1.165, 1.54) is 5.56 Å². The maximum atomic E-state index is 12.3. The minimum atomic E-state index is -0.402. The predicted octanol–water partition coefficient (Wildman–Crippen LogP) is 4.61. The van der Waals surface area contributed by atoms with Crippen LogP contribution in [0.15, 0.2) is 48.5 Å². The van der Waals surface area contributed by atoms with E-state index in [0.717, 1.165) is 31.4 Å². The van der Waals surface area contributed by atoms with E-state index in [2.05, 4.69) is 12.2 Å². The van der Waals surface area contributed by atoms with Crippen LogP contribution in [-0.4, -0.2) is 25.1 Å². The molecule has 0 atom stereocenters. The first kappa shape index (κ1) is 20.5. The van der Waals surface area contributed by atoms with Gasteiger partial charge in [0.2, 0.25) is 0 Å². The van der Waals surface area contributed by atoms with E-state index in [9.17, 15) is 9.59 Å². The monoisotopic (exact) mass is 369 g/mol. The van der Waals surface area contributed by atoms with Gasteiger partial charge in [0.1, 0.15) is 5.75 Å². The lowest BCUT2D eigenvalue weighted by Gasteiger charge is -2.08. The second-order valence-corrected chi connectivity index (χ2v) is 6.29. The summed E-state index contributed by atoms with van der Waals surface area (Å²) >= 11 is 0. The van der Waals surface area contributed by atoms with Gasteiger partial charge in [0.05, 0.1) is 6.61 Å². The number of anilines is 1.